The minimum atomic E-state index is -0.150. The number of benzene rings is 1. The Kier molecular flexibility index (Phi) is 2.31. The topological polar surface area (TPSA) is 21.3 Å². The number of ether oxygens (including phenoxy) is 1. The van der Waals surface area contributed by atoms with Gasteiger partial charge in [0.2, 0.25) is 0 Å². The molecule has 0 saturated heterocycles. The third-order valence-corrected chi connectivity index (χ3v) is 2.69. The smallest absolute Gasteiger partial charge is 0.161 e. The summed E-state index contributed by atoms with van der Waals surface area (Å²) >= 11 is 6.08. The van der Waals surface area contributed by atoms with Crippen LogP contribution in [-0.2, 0) is 0 Å². The van der Waals surface area contributed by atoms with Crippen LogP contribution < -0.4 is 10.1 Å². The van der Waals surface area contributed by atoms with E-state index in [2.05, 4.69) is 19.2 Å². The van der Waals surface area contributed by atoms with E-state index in [4.69, 9.17) is 16.3 Å². The molecule has 1 N–H and O–H groups in total. The van der Waals surface area contributed by atoms with E-state index in [1.807, 2.05) is 18.2 Å². The van der Waals surface area contributed by atoms with E-state index in [1.54, 1.807) is 0 Å². The van der Waals surface area contributed by atoms with E-state index >= 15 is 0 Å². The summed E-state index contributed by atoms with van der Waals surface area (Å²) in [5.41, 5.74) is 0.839. The van der Waals surface area contributed by atoms with E-state index < -0.39 is 0 Å². The fraction of sp³-hybridized carbons (Fsp3) is 0.455. The van der Waals surface area contributed by atoms with Crippen molar-refractivity contribution in [2.45, 2.75) is 25.9 Å². The zero-order valence-corrected chi connectivity index (χ0v) is 9.19. The summed E-state index contributed by atoms with van der Waals surface area (Å²) in [6.07, 6.45) is 0.970. The summed E-state index contributed by atoms with van der Waals surface area (Å²) in [7, 11) is 0. The Morgan fingerprint density at radius 2 is 2.21 bits per heavy atom. The van der Waals surface area contributed by atoms with E-state index in [1.165, 1.54) is 0 Å². The fourth-order valence-electron chi connectivity index (χ4n) is 1.58. The lowest BCUT2D eigenvalue weighted by atomic mass is 10.1. The molecule has 1 aromatic rings. The van der Waals surface area contributed by atoms with Crippen molar-refractivity contribution in [2.24, 2.45) is 0 Å². The lowest BCUT2D eigenvalue weighted by Crippen LogP contribution is -2.28. The highest BCUT2D eigenvalue weighted by atomic mass is 35.5. The first-order valence-corrected chi connectivity index (χ1v) is 5.18. The predicted molar refractivity (Wildman–Crippen MR) is 59.3 cm³/mol. The highest BCUT2D eigenvalue weighted by molar-refractivity contribution is 6.32. The molecule has 0 unspecified atom stereocenters. The normalized spacial score (nSPS) is 18.8. The standard InChI is InChI=1S/C11H14ClNO/c1-11(2)6-7-13-9-5-3-4-8(12)10(9)14-11/h3-5,13H,6-7H2,1-2H3. The van der Waals surface area contributed by atoms with Crippen LogP contribution >= 0.6 is 11.6 Å². The Balaban J connectivity index is 2.43. The highest BCUT2D eigenvalue weighted by Crippen LogP contribution is 2.38. The molecule has 0 bridgehead atoms. The van der Waals surface area contributed by atoms with Crippen LogP contribution in [0.5, 0.6) is 5.75 Å². The minimum absolute atomic E-state index is 0.150. The number of anilines is 1. The van der Waals surface area contributed by atoms with Gasteiger partial charge >= 0.3 is 0 Å². The van der Waals surface area contributed by atoms with E-state index in [0.717, 1.165) is 24.4 Å². The molecule has 2 nitrogen and oxygen atoms in total. The molecule has 0 amide bonds. The summed E-state index contributed by atoms with van der Waals surface area (Å²) in [5, 5.41) is 3.98. The van der Waals surface area contributed by atoms with Gasteiger partial charge in [-0.2, -0.15) is 0 Å². The lowest BCUT2D eigenvalue weighted by Gasteiger charge is -2.24. The fourth-order valence-corrected chi connectivity index (χ4v) is 1.79. The van der Waals surface area contributed by atoms with Crippen LogP contribution in [0, 0.1) is 0 Å². The van der Waals surface area contributed by atoms with Crippen molar-refractivity contribution in [3.63, 3.8) is 0 Å². The van der Waals surface area contributed by atoms with Gasteiger partial charge in [-0.15, -0.1) is 0 Å². The van der Waals surface area contributed by atoms with Crippen LogP contribution in [0.2, 0.25) is 5.02 Å². The Bertz CT molecular complexity index is 349. The van der Waals surface area contributed by atoms with Crippen molar-refractivity contribution < 1.29 is 4.74 Å². The van der Waals surface area contributed by atoms with Crippen LogP contribution in [0.3, 0.4) is 0 Å². The molecule has 3 heteroatoms. The first-order valence-electron chi connectivity index (χ1n) is 4.80. The number of hydrogen-bond donors (Lipinski definition) is 1. The molecule has 1 heterocycles. The van der Waals surface area contributed by atoms with E-state index in [-0.39, 0.29) is 5.60 Å². The van der Waals surface area contributed by atoms with Crippen molar-refractivity contribution in [3.8, 4) is 5.75 Å². The van der Waals surface area contributed by atoms with Gasteiger partial charge in [-0.3, -0.25) is 0 Å². The van der Waals surface area contributed by atoms with Gasteiger partial charge in [-0.05, 0) is 26.0 Å². The van der Waals surface area contributed by atoms with Crippen molar-refractivity contribution in [1.82, 2.24) is 0 Å². The quantitative estimate of drug-likeness (QED) is 0.711. The molecule has 0 aromatic heterocycles. The van der Waals surface area contributed by atoms with Gasteiger partial charge in [-0.25, -0.2) is 0 Å². The third kappa shape index (κ3) is 1.80. The third-order valence-electron chi connectivity index (χ3n) is 2.39. The molecular formula is C11H14ClNO. The van der Waals surface area contributed by atoms with Gasteiger partial charge in [0.15, 0.2) is 5.75 Å². The lowest BCUT2D eigenvalue weighted by molar-refractivity contribution is 0.109. The first kappa shape index (κ1) is 9.66. The van der Waals surface area contributed by atoms with Crippen LogP contribution in [0.4, 0.5) is 5.69 Å². The zero-order chi connectivity index (χ0) is 10.2. The predicted octanol–water partition coefficient (Wildman–Crippen LogP) is 3.31. The Morgan fingerprint density at radius 3 is 3.00 bits per heavy atom. The second kappa shape index (κ2) is 3.35. The summed E-state index contributed by atoms with van der Waals surface area (Å²) < 4.78 is 5.88. The van der Waals surface area contributed by atoms with Crippen LogP contribution in [-0.4, -0.2) is 12.1 Å². The molecule has 1 aliphatic rings. The molecule has 0 radical (unpaired) electrons. The van der Waals surface area contributed by atoms with Gasteiger partial charge < -0.3 is 10.1 Å². The van der Waals surface area contributed by atoms with Crippen LogP contribution in [0.15, 0.2) is 18.2 Å². The Morgan fingerprint density at radius 1 is 1.43 bits per heavy atom. The van der Waals surface area contributed by atoms with Crippen molar-refractivity contribution in [2.75, 3.05) is 11.9 Å². The van der Waals surface area contributed by atoms with Crippen molar-refractivity contribution in [3.05, 3.63) is 23.2 Å². The number of fused-ring (bicyclic) bond motifs is 1. The van der Waals surface area contributed by atoms with E-state index in [0.29, 0.717) is 5.02 Å². The maximum absolute atomic E-state index is 6.08. The summed E-state index contributed by atoms with van der Waals surface area (Å²) in [6, 6.07) is 5.77. The molecule has 0 aliphatic carbocycles. The Hall–Kier alpha value is -0.890. The Labute approximate surface area is 89.2 Å². The van der Waals surface area contributed by atoms with Gasteiger partial charge in [-0.1, -0.05) is 17.7 Å². The zero-order valence-electron chi connectivity index (χ0n) is 8.43. The van der Waals surface area contributed by atoms with Crippen molar-refractivity contribution >= 4 is 17.3 Å². The van der Waals surface area contributed by atoms with Gasteiger partial charge in [0.1, 0.15) is 5.60 Å². The summed E-state index contributed by atoms with van der Waals surface area (Å²) in [6.45, 7) is 5.07. The second-order valence-corrected chi connectivity index (χ2v) is 4.56. The van der Waals surface area contributed by atoms with Crippen molar-refractivity contribution in [1.29, 1.82) is 0 Å². The van der Waals surface area contributed by atoms with E-state index in [9.17, 15) is 0 Å². The monoisotopic (exact) mass is 211 g/mol. The van der Waals surface area contributed by atoms with Gasteiger partial charge in [0.05, 0.1) is 10.7 Å². The van der Waals surface area contributed by atoms with Crippen LogP contribution in [0.25, 0.3) is 0 Å². The molecule has 1 aliphatic heterocycles. The molecule has 2 rings (SSSR count). The van der Waals surface area contributed by atoms with Gasteiger partial charge in [0.25, 0.3) is 0 Å². The number of rotatable bonds is 0. The first-order chi connectivity index (χ1) is 6.58. The maximum atomic E-state index is 6.08. The molecule has 0 fully saturated rings. The van der Waals surface area contributed by atoms with Crippen LogP contribution in [0.1, 0.15) is 20.3 Å². The molecule has 1 aromatic carbocycles. The number of nitrogens with one attached hydrogen (secondary N) is 1. The number of hydrogen-bond acceptors (Lipinski definition) is 2. The number of para-hydroxylation sites is 1. The SMILES string of the molecule is CC1(C)CCNc2cccc(Cl)c2O1. The molecule has 14 heavy (non-hydrogen) atoms. The molecule has 76 valence electrons. The summed E-state index contributed by atoms with van der Waals surface area (Å²) in [5.74, 6) is 0.775. The highest BCUT2D eigenvalue weighted by Gasteiger charge is 2.25. The molecular weight excluding hydrogens is 198 g/mol. The number of halogens is 1. The summed E-state index contributed by atoms with van der Waals surface area (Å²) in [4.78, 5) is 0. The minimum Gasteiger partial charge on any atom is -0.484 e. The second-order valence-electron chi connectivity index (χ2n) is 4.16. The van der Waals surface area contributed by atoms with Gasteiger partial charge in [0, 0.05) is 13.0 Å². The average molecular weight is 212 g/mol. The molecule has 0 atom stereocenters. The average Bonchev–Trinajstić information content (AvgIpc) is 2.24. The molecule has 0 spiro atoms. The molecule has 0 saturated carbocycles. The largest absolute Gasteiger partial charge is 0.484 e. The maximum Gasteiger partial charge on any atom is 0.161 e.